The predicted octanol–water partition coefficient (Wildman–Crippen LogP) is 1.67. The van der Waals surface area contributed by atoms with E-state index in [0.29, 0.717) is 31.9 Å². The van der Waals surface area contributed by atoms with Crippen LogP contribution in [0.15, 0.2) is 24.5 Å². The number of ether oxygens (including phenoxy) is 1. The summed E-state index contributed by atoms with van der Waals surface area (Å²) in [5.74, 6) is 0.821. The molecule has 1 atom stereocenters. The van der Waals surface area contributed by atoms with Gasteiger partial charge in [-0.1, -0.05) is 0 Å². The Kier molecular flexibility index (Phi) is 5.20. The number of carbonyl (C=O) groups excluding carboxylic acids is 1. The molecule has 1 aliphatic rings. The zero-order valence-electron chi connectivity index (χ0n) is 14.2. The zero-order chi connectivity index (χ0) is 16.9. The van der Waals surface area contributed by atoms with Gasteiger partial charge in [0.1, 0.15) is 6.10 Å². The highest BCUT2D eigenvalue weighted by molar-refractivity contribution is 5.76. The first-order valence-electron chi connectivity index (χ1n) is 8.31. The lowest BCUT2D eigenvalue weighted by Crippen LogP contribution is -2.42. The molecular formula is C17H23N5O2. The van der Waals surface area contributed by atoms with Crippen molar-refractivity contribution in [3.05, 3.63) is 41.7 Å². The van der Waals surface area contributed by atoms with Crippen LogP contribution in [0.3, 0.4) is 0 Å². The van der Waals surface area contributed by atoms with E-state index in [1.54, 1.807) is 6.20 Å². The van der Waals surface area contributed by atoms with Gasteiger partial charge in [0, 0.05) is 43.3 Å². The largest absolute Gasteiger partial charge is 0.367 e. The van der Waals surface area contributed by atoms with E-state index in [1.807, 2.05) is 41.8 Å². The number of hydrogen-bond acceptors (Lipinski definition) is 5. The van der Waals surface area contributed by atoms with Crippen LogP contribution >= 0.6 is 0 Å². The van der Waals surface area contributed by atoms with Crippen LogP contribution in [0, 0.1) is 13.8 Å². The summed E-state index contributed by atoms with van der Waals surface area (Å²) >= 11 is 0. The van der Waals surface area contributed by atoms with Gasteiger partial charge in [-0.05, 0) is 32.4 Å². The Balaban J connectivity index is 1.55. The first kappa shape index (κ1) is 16.6. The van der Waals surface area contributed by atoms with Gasteiger partial charge in [-0.15, -0.1) is 0 Å². The summed E-state index contributed by atoms with van der Waals surface area (Å²) in [6.45, 7) is 6.31. The normalized spacial score (nSPS) is 17.9. The summed E-state index contributed by atoms with van der Waals surface area (Å²) < 4.78 is 7.63. The van der Waals surface area contributed by atoms with Gasteiger partial charge in [-0.25, -0.2) is 9.97 Å². The van der Waals surface area contributed by atoms with Crippen molar-refractivity contribution in [1.82, 2.24) is 24.6 Å². The number of aryl methyl sites for hydroxylation is 3. The molecule has 1 unspecified atom stereocenters. The summed E-state index contributed by atoms with van der Waals surface area (Å²) in [6, 6.07) is 3.82. The van der Waals surface area contributed by atoms with E-state index < -0.39 is 0 Å². The number of aromatic nitrogens is 4. The maximum atomic E-state index is 12.4. The highest BCUT2D eigenvalue weighted by Gasteiger charge is 2.27. The molecule has 1 aliphatic heterocycles. The number of hydrogen-bond donors (Lipinski definition) is 0. The summed E-state index contributed by atoms with van der Waals surface area (Å²) in [6.07, 6.45) is 4.71. The van der Waals surface area contributed by atoms with E-state index in [-0.39, 0.29) is 12.0 Å². The number of amides is 1. The SMILES string of the molecule is Cc1cc(C)nc(C2CN(C(=O)CCCn3cccn3)CCO2)n1. The van der Waals surface area contributed by atoms with Crippen LogP contribution in [0.2, 0.25) is 0 Å². The van der Waals surface area contributed by atoms with Gasteiger partial charge >= 0.3 is 0 Å². The van der Waals surface area contributed by atoms with E-state index >= 15 is 0 Å². The van der Waals surface area contributed by atoms with Gasteiger partial charge in [-0.2, -0.15) is 5.10 Å². The second kappa shape index (κ2) is 7.53. The highest BCUT2D eigenvalue weighted by Crippen LogP contribution is 2.20. The van der Waals surface area contributed by atoms with E-state index in [1.165, 1.54) is 0 Å². The third-order valence-corrected chi connectivity index (χ3v) is 4.04. The number of morpholine rings is 1. The second-order valence-corrected chi connectivity index (χ2v) is 6.08. The molecule has 3 heterocycles. The molecule has 0 saturated carbocycles. The molecule has 2 aromatic rings. The van der Waals surface area contributed by atoms with Gasteiger partial charge < -0.3 is 9.64 Å². The molecule has 1 amide bonds. The molecule has 7 heteroatoms. The Morgan fingerprint density at radius 3 is 2.83 bits per heavy atom. The molecular weight excluding hydrogens is 306 g/mol. The van der Waals surface area contributed by atoms with Gasteiger partial charge in [-0.3, -0.25) is 9.48 Å². The van der Waals surface area contributed by atoms with Crippen LogP contribution in [0.5, 0.6) is 0 Å². The summed E-state index contributed by atoms with van der Waals surface area (Å²) in [5.41, 5.74) is 1.84. The fourth-order valence-corrected chi connectivity index (χ4v) is 2.91. The molecule has 0 bridgehead atoms. The Labute approximate surface area is 141 Å². The Morgan fingerprint density at radius 2 is 2.12 bits per heavy atom. The number of nitrogens with zero attached hydrogens (tertiary/aromatic N) is 5. The minimum Gasteiger partial charge on any atom is -0.367 e. The molecule has 7 nitrogen and oxygen atoms in total. The van der Waals surface area contributed by atoms with E-state index in [0.717, 1.165) is 24.4 Å². The molecule has 24 heavy (non-hydrogen) atoms. The van der Waals surface area contributed by atoms with Crippen LogP contribution in [0.1, 0.15) is 36.2 Å². The summed E-state index contributed by atoms with van der Waals surface area (Å²) in [5, 5.41) is 4.15. The van der Waals surface area contributed by atoms with Crippen LogP contribution < -0.4 is 0 Å². The smallest absolute Gasteiger partial charge is 0.222 e. The van der Waals surface area contributed by atoms with Gasteiger partial charge in [0.05, 0.1) is 13.2 Å². The zero-order valence-corrected chi connectivity index (χ0v) is 14.2. The molecule has 0 aliphatic carbocycles. The molecule has 0 radical (unpaired) electrons. The van der Waals surface area contributed by atoms with Crippen LogP contribution in [0.25, 0.3) is 0 Å². The molecule has 128 valence electrons. The maximum absolute atomic E-state index is 12.4. The minimum atomic E-state index is -0.243. The van der Waals surface area contributed by atoms with Gasteiger partial charge in [0.15, 0.2) is 5.82 Å². The lowest BCUT2D eigenvalue weighted by Gasteiger charge is -2.32. The van der Waals surface area contributed by atoms with Gasteiger partial charge in [0.25, 0.3) is 0 Å². The van der Waals surface area contributed by atoms with Crippen LogP contribution in [-0.4, -0.2) is 50.3 Å². The van der Waals surface area contributed by atoms with Crippen LogP contribution in [0.4, 0.5) is 0 Å². The monoisotopic (exact) mass is 329 g/mol. The van der Waals surface area contributed by atoms with E-state index in [9.17, 15) is 4.79 Å². The van der Waals surface area contributed by atoms with Crippen molar-refractivity contribution < 1.29 is 9.53 Å². The van der Waals surface area contributed by atoms with Crippen molar-refractivity contribution in [2.75, 3.05) is 19.7 Å². The molecule has 2 aromatic heterocycles. The number of carbonyl (C=O) groups is 1. The van der Waals surface area contributed by atoms with E-state index in [2.05, 4.69) is 15.1 Å². The van der Waals surface area contributed by atoms with Crippen LogP contribution in [-0.2, 0) is 16.1 Å². The minimum absolute atomic E-state index is 0.153. The van der Waals surface area contributed by atoms with E-state index in [4.69, 9.17) is 4.74 Å². The third-order valence-electron chi connectivity index (χ3n) is 4.04. The Morgan fingerprint density at radius 1 is 1.33 bits per heavy atom. The Hall–Kier alpha value is -2.28. The van der Waals surface area contributed by atoms with Crippen molar-refractivity contribution >= 4 is 5.91 Å². The van der Waals surface area contributed by atoms with Crippen molar-refractivity contribution in [3.63, 3.8) is 0 Å². The average molecular weight is 329 g/mol. The fraction of sp³-hybridized carbons (Fsp3) is 0.529. The standard InChI is InChI=1S/C17H23N5O2/c1-13-11-14(2)20-17(19-13)15-12-21(9-10-24-15)16(23)5-3-7-22-8-4-6-18-22/h4,6,8,11,15H,3,5,7,9-10,12H2,1-2H3. The van der Waals surface area contributed by atoms with Crippen molar-refractivity contribution in [3.8, 4) is 0 Å². The lowest BCUT2D eigenvalue weighted by atomic mass is 10.2. The third kappa shape index (κ3) is 4.17. The summed E-state index contributed by atoms with van der Waals surface area (Å²) in [7, 11) is 0. The molecule has 0 aromatic carbocycles. The van der Waals surface area contributed by atoms with Gasteiger partial charge in [0.2, 0.25) is 5.91 Å². The maximum Gasteiger partial charge on any atom is 0.222 e. The van der Waals surface area contributed by atoms with Crippen molar-refractivity contribution in [1.29, 1.82) is 0 Å². The predicted molar refractivity (Wildman–Crippen MR) is 88.2 cm³/mol. The molecule has 1 saturated heterocycles. The molecule has 3 rings (SSSR count). The van der Waals surface area contributed by atoms with Crippen molar-refractivity contribution in [2.24, 2.45) is 0 Å². The first-order valence-corrected chi connectivity index (χ1v) is 8.31. The summed E-state index contributed by atoms with van der Waals surface area (Å²) in [4.78, 5) is 23.2. The first-order chi connectivity index (χ1) is 11.6. The lowest BCUT2D eigenvalue weighted by molar-refractivity contribution is -0.139. The number of rotatable bonds is 5. The average Bonchev–Trinajstić information content (AvgIpc) is 3.07. The fourth-order valence-electron chi connectivity index (χ4n) is 2.91. The quantitative estimate of drug-likeness (QED) is 0.834. The highest BCUT2D eigenvalue weighted by atomic mass is 16.5. The van der Waals surface area contributed by atoms with Crippen molar-refractivity contribution in [2.45, 2.75) is 39.3 Å². The molecule has 0 N–H and O–H groups in total. The molecule has 0 spiro atoms. The Bertz CT molecular complexity index is 666. The second-order valence-electron chi connectivity index (χ2n) is 6.08. The topological polar surface area (TPSA) is 73.1 Å². The molecule has 1 fully saturated rings.